The molecule has 0 saturated heterocycles. The molecule has 0 radical (unpaired) electrons. The minimum Gasteiger partial charge on any atom is -0.472 e. The number of nitrogens with zero attached hydrogens (tertiary/aromatic N) is 1. The maximum Gasteiger partial charge on any atom is 0.317 e. The van der Waals surface area contributed by atoms with E-state index >= 15 is 0 Å². The Balaban J connectivity index is 1.54. The molecule has 1 N–H and O–H groups in total. The summed E-state index contributed by atoms with van der Waals surface area (Å²) in [6, 6.07) is 12.5. The average molecular weight is 284 g/mol. The smallest absolute Gasteiger partial charge is 0.317 e. The van der Waals surface area contributed by atoms with Gasteiger partial charge in [0, 0.05) is 24.1 Å². The van der Waals surface area contributed by atoms with Gasteiger partial charge < -0.3 is 14.6 Å². The molecule has 0 bridgehead atoms. The van der Waals surface area contributed by atoms with Crippen LogP contribution in [0.5, 0.6) is 0 Å². The molecule has 4 heteroatoms. The summed E-state index contributed by atoms with van der Waals surface area (Å²) in [7, 11) is 0. The molecule has 2 atom stereocenters. The fourth-order valence-corrected chi connectivity index (χ4v) is 2.60. The third kappa shape index (κ3) is 3.27. The quantitative estimate of drug-likeness (QED) is 0.915. The number of carbonyl (C=O) groups excluding carboxylic acids is 1. The molecule has 1 aliphatic carbocycles. The first-order valence-corrected chi connectivity index (χ1v) is 7.39. The number of nitrogens with one attached hydrogen (secondary N) is 1. The number of carbonyl (C=O) groups is 1. The molecule has 1 aliphatic rings. The fraction of sp³-hybridized carbons (Fsp3) is 0.353. The number of hydrogen-bond donors (Lipinski definition) is 1. The first kappa shape index (κ1) is 13.7. The van der Waals surface area contributed by atoms with E-state index in [4.69, 9.17) is 4.42 Å². The lowest BCUT2D eigenvalue weighted by Crippen LogP contribution is -2.40. The minimum atomic E-state index is 0.00197. The van der Waals surface area contributed by atoms with E-state index in [9.17, 15) is 4.79 Å². The Hall–Kier alpha value is -2.23. The van der Waals surface area contributed by atoms with Crippen molar-refractivity contribution in [3.8, 4) is 0 Å². The van der Waals surface area contributed by atoms with E-state index in [0.29, 0.717) is 19.0 Å². The zero-order valence-corrected chi connectivity index (χ0v) is 12.2. The number of amides is 2. The molecule has 1 aromatic heterocycles. The summed E-state index contributed by atoms with van der Waals surface area (Å²) in [5.74, 6) is 0.461. The van der Waals surface area contributed by atoms with Crippen LogP contribution in [0.25, 0.3) is 0 Å². The Bertz CT molecular complexity index is 580. The molecule has 0 aliphatic heterocycles. The van der Waals surface area contributed by atoms with Gasteiger partial charge in [0.05, 0.1) is 19.1 Å². The zero-order chi connectivity index (χ0) is 14.7. The molecule has 1 saturated carbocycles. The molecule has 21 heavy (non-hydrogen) atoms. The SMILES string of the molecule is CCN(Cc1ccoc1)C(=O)N[C@@H]1C[C@@H]1c1ccccc1. The monoisotopic (exact) mass is 284 g/mol. The van der Waals surface area contributed by atoms with Gasteiger partial charge in [-0.05, 0) is 25.0 Å². The van der Waals surface area contributed by atoms with Crippen LogP contribution in [-0.4, -0.2) is 23.5 Å². The molecule has 1 fully saturated rings. The largest absolute Gasteiger partial charge is 0.472 e. The van der Waals surface area contributed by atoms with Crippen LogP contribution >= 0.6 is 0 Å². The van der Waals surface area contributed by atoms with Crippen molar-refractivity contribution >= 4 is 6.03 Å². The second-order valence-corrected chi connectivity index (χ2v) is 5.45. The normalized spacial score (nSPS) is 20.0. The van der Waals surface area contributed by atoms with Gasteiger partial charge in [-0.15, -0.1) is 0 Å². The Morgan fingerprint density at radius 2 is 2.14 bits per heavy atom. The van der Waals surface area contributed by atoms with Crippen molar-refractivity contribution in [3.63, 3.8) is 0 Å². The van der Waals surface area contributed by atoms with Gasteiger partial charge in [0.2, 0.25) is 0 Å². The first-order valence-electron chi connectivity index (χ1n) is 7.39. The second kappa shape index (κ2) is 6.04. The molecule has 0 spiro atoms. The predicted molar refractivity (Wildman–Crippen MR) is 80.9 cm³/mol. The highest BCUT2D eigenvalue weighted by atomic mass is 16.3. The van der Waals surface area contributed by atoms with Crippen LogP contribution in [0.2, 0.25) is 0 Å². The van der Waals surface area contributed by atoms with Crippen molar-refractivity contribution in [3.05, 3.63) is 60.1 Å². The van der Waals surface area contributed by atoms with Gasteiger partial charge in [-0.25, -0.2) is 4.79 Å². The Kier molecular flexibility index (Phi) is 3.95. The summed E-state index contributed by atoms with van der Waals surface area (Å²) in [6.45, 7) is 3.25. The average Bonchev–Trinajstić information content (AvgIpc) is 3.08. The van der Waals surface area contributed by atoms with Gasteiger partial charge in [0.15, 0.2) is 0 Å². The molecular weight excluding hydrogens is 264 g/mol. The van der Waals surface area contributed by atoms with Gasteiger partial charge in [-0.2, -0.15) is 0 Å². The topological polar surface area (TPSA) is 45.5 Å². The Morgan fingerprint density at radius 3 is 2.81 bits per heavy atom. The lowest BCUT2D eigenvalue weighted by molar-refractivity contribution is 0.197. The minimum absolute atomic E-state index is 0.00197. The van der Waals surface area contributed by atoms with Crippen LogP contribution in [0, 0.1) is 0 Å². The molecule has 1 heterocycles. The summed E-state index contributed by atoms with van der Waals surface area (Å²) in [4.78, 5) is 14.1. The van der Waals surface area contributed by atoms with Crippen molar-refractivity contribution in [2.24, 2.45) is 0 Å². The van der Waals surface area contributed by atoms with E-state index in [2.05, 4.69) is 17.4 Å². The van der Waals surface area contributed by atoms with Gasteiger partial charge in [0.25, 0.3) is 0 Å². The third-order valence-electron chi connectivity index (χ3n) is 3.95. The number of hydrogen-bond acceptors (Lipinski definition) is 2. The first-order chi connectivity index (χ1) is 10.3. The summed E-state index contributed by atoms with van der Waals surface area (Å²) >= 11 is 0. The summed E-state index contributed by atoms with van der Waals surface area (Å²) in [5.41, 5.74) is 2.32. The van der Waals surface area contributed by atoms with Gasteiger partial charge >= 0.3 is 6.03 Å². The lowest BCUT2D eigenvalue weighted by atomic mass is 10.1. The van der Waals surface area contributed by atoms with E-state index in [1.807, 2.05) is 31.2 Å². The highest BCUT2D eigenvalue weighted by molar-refractivity contribution is 5.75. The molecule has 2 aromatic rings. The highest BCUT2D eigenvalue weighted by Crippen LogP contribution is 2.40. The molecule has 0 unspecified atom stereocenters. The van der Waals surface area contributed by atoms with Crippen LogP contribution in [-0.2, 0) is 6.54 Å². The van der Waals surface area contributed by atoms with E-state index in [1.165, 1.54) is 5.56 Å². The van der Waals surface area contributed by atoms with Gasteiger partial charge in [0.1, 0.15) is 0 Å². The number of benzene rings is 1. The Labute approximate surface area is 124 Å². The van der Waals surface area contributed by atoms with Crippen molar-refractivity contribution in [2.45, 2.75) is 31.8 Å². The number of rotatable bonds is 5. The Morgan fingerprint density at radius 1 is 1.33 bits per heavy atom. The molecule has 4 nitrogen and oxygen atoms in total. The molecule has 1 aromatic carbocycles. The molecule has 110 valence electrons. The maximum absolute atomic E-state index is 12.3. The molecule has 3 rings (SSSR count). The van der Waals surface area contributed by atoms with Crippen LogP contribution < -0.4 is 5.32 Å². The van der Waals surface area contributed by atoms with Crippen LogP contribution in [0.15, 0.2) is 53.3 Å². The zero-order valence-electron chi connectivity index (χ0n) is 12.2. The number of urea groups is 1. The molecular formula is C17H20N2O2. The third-order valence-corrected chi connectivity index (χ3v) is 3.95. The summed E-state index contributed by atoms with van der Waals surface area (Å²) in [6.07, 6.45) is 4.34. The van der Waals surface area contributed by atoms with Crippen molar-refractivity contribution in [1.82, 2.24) is 10.2 Å². The van der Waals surface area contributed by atoms with Gasteiger partial charge in [-0.1, -0.05) is 30.3 Å². The predicted octanol–water partition coefficient (Wildman–Crippen LogP) is 3.37. The lowest BCUT2D eigenvalue weighted by Gasteiger charge is -2.20. The van der Waals surface area contributed by atoms with Crippen molar-refractivity contribution in [1.29, 1.82) is 0 Å². The van der Waals surface area contributed by atoms with Crippen LogP contribution in [0.3, 0.4) is 0 Å². The van der Waals surface area contributed by atoms with Crippen molar-refractivity contribution in [2.75, 3.05) is 6.54 Å². The van der Waals surface area contributed by atoms with E-state index in [0.717, 1.165) is 12.0 Å². The second-order valence-electron chi connectivity index (χ2n) is 5.45. The van der Waals surface area contributed by atoms with E-state index in [-0.39, 0.29) is 12.1 Å². The van der Waals surface area contributed by atoms with Gasteiger partial charge in [-0.3, -0.25) is 0 Å². The standard InChI is InChI=1S/C17H20N2O2/c1-2-19(11-13-8-9-21-12-13)17(20)18-16-10-15(16)14-6-4-3-5-7-14/h3-9,12,15-16H,2,10-11H2,1H3,(H,18,20)/t15-,16-/m1/s1. The van der Waals surface area contributed by atoms with Crippen LogP contribution in [0.4, 0.5) is 4.79 Å². The van der Waals surface area contributed by atoms with Crippen molar-refractivity contribution < 1.29 is 9.21 Å². The van der Waals surface area contributed by atoms with E-state index in [1.54, 1.807) is 17.4 Å². The maximum atomic E-state index is 12.3. The molecule has 2 amide bonds. The van der Waals surface area contributed by atoms with E-state index < -0.39 is 0 Å². The fourth-order valence-electron chi connectivity index (χ4n) is 2.60. The van der Waals surface area contributed by atoms with Crippen LogP contribution in [0.1, 0.15) is 30.4 Å². The highest BCUT2D eigenvalue weighted by Gasteiger charge is 2.39. The summed E-state index contributed by atoms with van der Waals surface area (Å²) in [5, 5.41) is 3.12. The number of furan rings is 1. The summed E-state index contributed by atoms with van der Waals surface area (Å²) < 4.78 is 5.05.